The van der Waals surface area contributed by atoms with Gasteiger partial charge in [-0.2, -0.15) is 5.26 Å². The Morgan fingerprint density at radius 2 is 2.04 bits per heavy atom. The van der Waals surface area contributed by atoms with Crippen LogP contribution in [0.5, 0.6) is 5.75 Å². The van der Waals surface area contributed by atoms with Gasteiger partial charge in [-0.05, 0) is 62.7 Å². The Bertz CT molecular complexity index is 1030. The number of fused-ring (bicyclic) bond motifs is 1. The number of nitriles is 1. The quantitative estimate of drug-likeness (QED) is 0.725. The van der Waals surface area contributed by atoms with Gasteiger partial charge in [-0.3, -0.25) is 4.79 Å². The predicted molar refractivity (Wildman–Crippen MR) is 97.9 cm³/mol. The first-order valence-electron chi connectivity index (χ1n) is 8.18. The second-order valence-corrected chi connectivity index (χ2v) is 6.31. The number of aryl methyl sites for hydroxylation is 1. The minimum Gasteiger partial charge on any atom is -0.489 e. The summed E-state index contributed by atoms with van der Waals surface area (Å²) in [5.41, 5.74) is 2.41. The van der Waals surface area contributed by atoms with Crippen molar-refractivity contribution in [3.63, 3.8) is 0 Å². The third-order valence-electron chi connectivity index (χ3n) is 3.87. The molecular weight excluding hydrogens is 333 g/mol. The first-order valence-corrected chi connectivity index (χ1v) is 8.18. The summed E-state index contributed by atoms with van der Waals surface area (Å²) >= 11 is 0. The van der Waals surface area contributed by atoms with Crippen molar-refractivity contribution in [1.82, 2.24) is 4.98 Å². The summed E-state index contributed by atoms with van der Waals surface area (Å²) in [5.74, 6) is -0.284. The molecule has 0 saturated heterocycles. The van der Waals surface area contributed by atoms with Crippen molar-refractivity contribution in [3.8, 4) is 11.8 Å². The first kappa shape index (κ1) is 17.5. The maximum atomic E-state index is 13.5. The minimum atomic E-state index is -0.398. The summed E-state index contributed by atoms with van der Waals surface area (Å²) in [6.07, 6.45) is -0.0858. The van der Waals surface area contributed by atoms with Crippen LogP contribution in [0.1, 0.15) is 35.5 Å². The molecule has 26 heavy (non-hydrogen) atoms. The number of carbonyl (C=O) groups excluding carboxylic acids is 1. The zero-order chi connectivity index (χ0) is 18.8. The molecule has 0 aliphatic heterocycles. The van der Waals surface area contributed by atoms with E-state index in [9.17, 15) is 9.18 Å². The van der Waals surface area contributed by atoms with E-state index >= 15 is 0 Å². The summed E-state index contributed by atoms with van der Waals surface area (Å²) < 4.78 is 19.2. The lowest BCUT2D eigenvalue weighted by molar-refractivity contribution is 0.102. The fourth-order valence-electron chi connectivity index (χ4n) is 2.74. The number of aromatic amines is 1. The smallest absolute Gasteiger partial charge is 0.272 e. The van der Waals surface area contributed by atoms with Crippen molar-refractivity contribution in [3.05, 3.63) is 59.0 Å². The van der Waals surface area contributed by atoms with Crippen LogP contribution in [-0.4, -0.2) is 17.0 Å². The molecule has 3 aromatic rings. The molecule has 1 aromatic heterocycles. The Morgan fingerprint density at radius 3 is 2.73 bits per heavy atom. The molecule has 5 nitrogen and oxygen atoms in total. The Hall–Kier alpha value is -3.33. The van der Waals surface area contributed by atoms with Crippen LogP contribution in [0.4, 0.5) is 10.1 Å². The van der Waals surface area contributed by atoms with Gasteiger partial charge in [0.25, 0.3) is 5.91 Å². The fraction of sp³-hybridized carbons (Fsp3) is 0.200. The molecule has 0 fully saturated rings. The molecular formula is C20H18FN3O2. The molecule has 0 spiro atoms. The number of anilines is 1. The van der Waals surface area contributed by atoms with E-state index in [0.29, 0.717) is 28.2 Å². The lowest BCUT2D eigenvalue weighted by atomic mass is 10.1. The number of benzene rings is 2. The Kier molecular flexibility index (Phi) is 4.63. The van der Waals surface area contributed by atoms with Crippen molar-refractivity contribution in [2.24, 2.45) is 0 Å². The maximum Gasteiger partial charge on any atom is 0.272 e. The second-order valence-electron chi connectivity index (χ2n) is 6.31. The van der Waals surface area contributed by atoms with Crippen molar-refractivity contribution in [2.45, 2.75) is 26.9 Å². The monoisotopic (exact) mass is 351 g/mol. The van der Waals surface area contributed by atoms with Crippen molar-refractivity contribution < 1.29 is 13.9 Å². The highest BCUT2D eigenvalue weighted by molar-refractivity contribution is 6.07. The summed E-state index contributed by atoms with van der Waals surface area (Å²) in [6.45, 7) is 5.53. The molecule has 0 radical (unpaired) electrons. The van der Waals surface area contributed by atoms with Crippen LogP contribution in [0, 0.1) is 24.1 Å². The average Bonchev–Trinajstić information content (AvgIpc) is 3.00. The normalized spacial score (nSPS) is 10.8. The van der Waals surface area contributed by atoms with E-state index in [1.807, 2.05) is 19.9 Å². The van der Waals surface area contributed by atoms with Crippen molar-refractivity contribution in [1.29, 1.82) is 5.26 Å². The van der Waals surface area contributed by atoms with Crippen LogP contribution in [0.25, 0.3) is 10.9 Å². The van der Waals surface area contributed by atoms with Gasteiger partial charge in [0.05, 0.1) is 23.4 Å². The Morgan fingerprint density at radius 1 is 1.27 bits per heavy atom. The molecule has 1 heterocycles. The molecule has 6 heteroatoms. The Balaban J connectivity index is 1.95. The highest BCUT2D eigenvalue weighted by atomic mass is 19.1. The average molecular weight is 351 g/mol. The molecule has 2 aromatic carbocycles. The lowest BCUT2D eigenvalue weighted by Gasteiger charge is -2.15. The summed E-state index contributed by atoms with van der Waals surface area (Å²) in [6, 6.07) is 11.3. The van der Waals surface area contributed by atoms with E-state index in [1.165, 1.54) is 12.1 Å². The summed E-state index contributed by atoms with van der Waals surface area (Å²) in [7, 11) is 0. The Labute approximate surface area is 150 Å². The maximum absolute atomic E-state index is 13.5. The van der Waals surface area contributed by atoms with Crippen LogP contribution in [0.2, 0.25) is 0 Å². The number of ether oxygens (including phenoxy) is 1. The molecule has 0 aliphatic rings. The molecule has 0 atom stereocenters. The van der Waals surface area contributed by atoms with Crippen LogP contribution >= 0.6 is 0 Å². The van der Waals surface area contributed by atoms with E-state index in [-0.39, 0.29) is 11.9 Å². The molecule has 0 aliphatic carbocycles. The molecule has 0 bridgehead atoms. The number of carbonyl (C=O) groups is 1. The van der Waals surface area contributed by atoms with Gasteiger partial charge in [0.1, 0.15) is 17.3 Å². The summed E-state index contributed by atoms with van der Waals surface area (Å²) in [4.78, 5) is 15.6. The van der Waals surface area contributed by atoms with Gasteiger partial charge in [-0.25, -0.2) is 4.39 Å². The van der Waals surface area contributed by atoms with Crippen LogP contribution in [0.15, 0.2) is 36.4 Å². The second kappa shape index (κ2) is 6.89. The largest absolute Gasteiger partial charge is 0.489 e. The van der Waals surface area contributed by atoms with Crippen molar-refractivity contribution >= 4 is 22.5 Å². The molecule has 3 rings (SSSR count). The zero-order valence-electron chi connectivity index (χ0n) is 14.7. The van der Waals surface area contributed by atoms with Crippen LogP contribution in [0.3, 0.4) is 0 Å². The highest BCUT2D eigenvalue weighted by Crippen LogP contribution is 2.28. The number of hydrogen-bond donors (Lipinski definition) is 2. The SMILES string of the molecule is Cc1cc(F)cc2[nH]c(C(=O)Nc3cc(C#N)ccc3OC(C)C)cc12. The third kappa shape index (κ3) is 3.52. The first-order chi connectivity index (χ1) is 12.4. The topological polar surface area (TPSA) is 77.9 Å². The van der Waals surface area contributed by atoms with Crippen LogP contribution < -0.4 is 10.1 Å². The van der Waals surface area contributed by atoms with Gasteiger partial charge in [-0.15, -0.1) is 0 Å². The molecule has 0 unspecified atom stereocenters. The van der Waals surface area contributed by atoms with Crippen molar-refractivity contribution in [2.75, 3.05) is 5.32 Å². The number of H-pyrrole nitrogens is 1. The van der Waals surface area contributed by atoms with Gasteiger partial charge in [0, 0.05) is 10.9 Å². The number of nitrogens with one attached hydrogen (secondary N) is 2. The number of aromatic nitrogens is 1. The predicted octanol–water partition coefficient (Wildman–Crippen LogP) is 4.53. The van der Waals surface area contributed by atoms with E-state index in [0.717, 1.165) is 10.9 Å². The number of amides is 1. The van der Waals surface area contributed by atoms with E-state index in [2.05, 4.69) is 10.3 Å². The number of rotatable bonds is 4. The van der Waals surface area contributed by atoms with E-state index in [4.69, 9.17) is 10.00 Å². The third-order valence-corrected chi connectivity index (χ3v) is 3.87. The van der Waals surface area contributed by atoms with Gasteiger partial charge in [-0.1, -0.05) is 0 Å². The number of hydrogen-bond acceptors (Lipinski definition) is 3. The fourth-order valence-corrected chi connectivity index (χ4v) is 2.74. The van der Waals surface area contributed by atoms with E-state index < -0.39 is 5.91 Å². The molecule has 1 amide bonds. The minimum absolute atomic E-state index is 0.0858. The molecule has 132 valence electrons. The standard InChI is InChI=1S/C20H18FN3O2/c1-11(2)26-19-5-4-13(10-22)7-17(19)24-20(25)18-9-15-12(3)6-14(21)8-16(15)23-18/h4-9,11,23H,1-3H3,(H,24,25). The van der Waals surface area contributed by atoms with Gasteiger partial charge in [0.2, 0.25) is 0 Å². The van der Waals surface area contributed by atoms with Gasteiger partial charge >= 0.3 is 0 Å². The van der Waals surface area contributed by atoms with Gasteiger partial charge in [0.15, 0.2) is 0 Å². The van der Waals surface area contributed by atoms with Gasteiger partial charge < -0.3 is 15.0 Å². The number of halogens is 1. The molecule has 2 N–H and O–H groups in total. The highest BCUT2D eigenvalue weighted by Gasteiger charge is 2.15. The molecule has 0 saturated carbocycles. The van der Waals surface area contributed by atoms with Crippen LogP contribution in [-0.2, 0) is 0 Å². The lowest BCUT2D eigenvalue weighted by Crippen LogP contribution is -2.15. The summed E-state index contributed by atoms with van der Waals surface area (Å²) in [5, 5.41) is 12.6. The number of nitrogens with zero attached hydrogens (tertiary/aromatic N) is 1. The van der Waals surface area contributed by atoms with E-state index in [1.54, 1.807) is 31.2 Å². The zero-order valence-corrected chi connectivity index (χ0v) is 14.7.